The van der Waals surface area contributed by atoms with Crippen molar-refractivity contribution >= 4 is 0 Å². The molecule has 0 saturated heterocycles. The summed E-state index contributed by atoms with van der Waals surface area (Å²) in [7, 11) is 2.17. The fourth-order valence-corrected chi connectivity index (χ4v) is 2.24. The van der Waals surface area contributed by atoms with Crippen LogP contribution in [-0.4, -0.2) is 25.1 Å². The third-order valence-corrected chi connectivity index (χ3v) is 3.35. The van der Waals surface area contributed by atoms with Gasteiger partial charge < -0.3 is 9.64 Å². The Bertz CT molecular complexity index is 377. The second-order valence-electron chi connectivity index (χ2n) is 4.83. The highest BCUT2D eigenvalue weighted by Crippen LogP contribution is 2.15. The molecule has 0 unspecified atom stereocenters. The molecule has 0 bridgehead atoms. The van der Waals surface area contributed by atoms with Gasteiger partial charge in [0.25, 0.3) is 0 Å². The lowest BCUT2D eigenvalue weighted by atomic mass is 10.1. The molecule has 0 N–H and O–H groups in total. The molecule has 0 aromatic heterocycles. The van der Waals surface area contributed by atoms with Crippen molar-refractivity contribution in [1.29, 1.82) is 0 Å². The van der Waals surface area contributed by atoms with E-state index in [9.17, 15) is 0 Å². The minimum absolute atomic E-state index is 0.809. The van der Waals surface area contributed by atoms with Crippen molar-refractivity contribution in [2.45, 2.75) is 32.1 Å². The number of hydrogen-bond donors (Lipinski definition) is 0. The fraction of sp³-hybridized carbons (Fsp3) is 0.500. The molecule has 2 nitrogen and oxygen atoms in total. The van der Waals surface area contributed by atoms with Gasteiger partial charge in [0.05, 0.1) is 6.61 Å². The van der Waals surface area contributed by atoms with Crippen LogP contribution in [-0.2, 0) is 4.74 Å². The zero-order valence-corrected chi connectivity index (χ0v) is 11.3. The fourth-order valence-electron chi connectivity index (χ4n) is 2.24. The smallest absolute Gasteiger partial charge is 0.115 e. The van der Waals surface area contributed by atoms with Gasteiger partial charge in [-0.3, -0.25) is 0 Å². The van der Waals surface area contributed by atoms with Gasteiger partial charge in [0.15, 0.2) is 0 Å². The molecule has 0 spiro atoms. The maximum Gasteiger partial charge on any atom is 0.115 e. The van der Waals surface area contributed by atoms with Crippen molar-refractivity contribution in [2.75, 3.05) is 20.2 Å². The van der Waals surface area contributed by atoms with E-state index in [0.29, 0.717) is 0 Å². The molecule has 0 radical (unpaired) electrons. The highest BCUT2D eigenvalue weighted by atomic mass is 16.5. The van der Waals surface area contributed by atoms with Crippen LogP contribution < -0.4 is 0 Å². The molecule has 0 amide bonds. The summed E-state index contributed by atoms with van der Waals surface area (Å²) in [5.74, 6) is 1.05. The molecular weight excluding hydrogens is 222 g/mol. The molecule has 2 aliphatic carbocycles. The van der Waals surface area contributed by atoms with Crippen molar-refractivity contribution in [1.82, 2.24) is 4.90 Å². The van der Waals surface area contributed by atoms with Crippen molar-refractivity contribution in [3.05, 3.63) is 47.9 Å². The molecule has 2 heteroatoms. The second-order valence-corrected chi connectivity index (χ2v) is 4.83. The van der Waals surface area contributed by atoms with Gasteiger partial charge in [-0.15, -0.1) is 0 Å². The van der Waals surface area contributed by atoms with E-state index in [2.05, 4.69) is 48.4 Å². The molecule has 2 rings (SSSR count). The summed E-state index contributed by atoms with van der Waals surface area (Å²) in [6.07, 6.45) is 18.7. The first kappa shape index (κ1) is 13.0. The van der Waals surface area contributed by atoms with Crippen LogP contribution in [0.5, 0.6) is 0 Å². The van der Waals surface area contributed by atoms with E-state index in [1.807, 2.05) is 0 Å². The number of rotatable bonds is 6. The number of hydrogen-bond acceptors (Lipinski definition) is 2. The summed E-state index contributed by atoms with van der Waals surface area (Å²) < 4.78 is 5.73. The normalized spacial score (nSPS) is 18.3. The van der Waals surface area contributed by atoms with Gasteiger partial charge in [-0.2, -0.15) is 0 Å². The van der Waals surface area contributed by atoms with Gasteiger partial charge in [-0.25, -0.2) is 0 Å². The van der Waals surface area contributed by atoms with E-state index in [4.69, 9.17) is 4.74 Å². The van der Waals surface area contributed by atoms with E-state index < -0.39 is 0 Å². The zero-order chi connectivity index (χ0) is 12.6. The van der Waals surface area contributed by atoms with Crippen molar-refractivity contribution in [3.63, 3.8) is 0 Å². The number of allylic oxidation sites excluding steroid dienone is 7. The SMILES string of the molecule is CN(CCCOC1=CCCC=C1)C1=CC=CCC1. The summed E-state index contributed by atoms with van der Waals surface area (Å²) in [4.78, 5) is 2.35. The second kappa shape index (κ2) is 7.10. The summed E-state index contributed by atoms with van der Waals surface area (Å²) in [6.45, 7) is 1.88. The van der Waals surface area contributed by atoms with Crippen LogP contribution in [0.15, 0.2) is 47.9 Å². The van der Waals surface area contributed by atoms with Crippen LogP contribution >= 0.6 is 0 Å². The minimum atomic E-state index is 0.809. The Kier molecular flexibility index (Phi) is 5.13. The average molecular weight is 245 g/mol. The Morgan fingerprint density at radius 2 is 2.17 bits per heavy atom. The standard InChI is InChI=1S/C16H23NO/c1-17(15-9-4-2-5-10-15)13-8-14-18-16-11-6-3-7-12-16/h2,4,6,9,11-12H,3,5,7-8,10,13-14H2,1H3. The summed E-state index contributed by atoms with van der Waals surface area (Å²) in [6, 6.07) is 0. The van der Waals surface area contributed by atoms with E-state index in [1.54, 1.807) is 0 Å². The maximum atomic E-state index is 5.73. The van der Waals surface area contributed by atoms with Crippen LogP contribution in [0.3, 0.4) is 0 Å². The minimum Gasteiger partial charge on any atom is -0.494 e. The molecule has 0 fully saturated rings. The first-order valence-corrected chi connectivity index (χ1v) is 6.92. The zero-order valence-electron chi connectivity index (χ0n) is 11.3. The van der Waals surface area contributed by atoms with Gasteiger partial charge in [-0.05, 0) is 50.3 Å². The van der Waals surface area contributed by atoms with Gasteiger partial charge in [-0.1, -0.05) is 18.2 Å². The Hall–Kier alpha value is -1.44. The monoisotopic (exact) mass is 245 g/mol. The molecule has 0 atom stereocenters. The Morgan fingerprint density at radius 1 is 1.22 bits per heavy atom. The lowest BCUT2D eigenvalue weighted by Crippen LogP contribution is -2.20. The van der Waals surface area contributed by atoms with Crippen LogP contribution in [0.2, 0.25) is 0 Å². The number of ether oxygens (including phenoxy) is 1. The first-order valence-electron chi connectivity index (χ1n) is 6.92. The lowest BCUT2D eigenvalue weighted by molar-refractivity contribution is 0.205. The molecule has 0 aliphatic heterocycles. The average Bonchev–Trinajstić information content (AvgIpc) is 2.45. The van der Waals surface area contributed by atoms with Gasteiger partial charge in [0, 0.05) is 19.3 Å². The predicted molar refractivity (Wildman–Crippen MR) is 76.1 cm³/mol. The van der Waals surface area contributed by atoms with Gasteiger partial charge >= 0.3 is 0 Å². The topological polar surface area (TPSA) is 12.5 Å². The van der Waals surface area contributed by atoms with Crippen molar-refractivity contribution in [2.24, 2.45) is 0 Å². The Labute approximate surface area is 110 Å². The molecule has 0 aromatic carbocycles. The molecule has 0 heterocycles. The van der Waals surface area contributed by atoms with E-state index >= 15 is 0 Å². The Morgan fingerprint density at radius 3 is 2.89 bits per heavy atom. The van der Waals surface area contributed by atoms with E-state index in [0.717, 1.165) is 38.2 Å². The maximum absolute atomic E-state index is 5.73. The van der Waals surface area contributed by atoms with Crippen LogP contribution in [0, 0.1) is 0 Å². The molecule has 98 valence electrons. The first-order chi connectivity index (χ1) is 8.86. The largest absolute Gasteiger partial charge is 0.494 e. The van der Waals surface area contributed by atoms with E-state index in [-0.39, 0.29) is 0 Å². The summed E-state index contributed by atoms with van der Waals surface area (Å²) >= 11 is 0. The van der Waals surface area contributed by atoms with Crippen LogP contribution in [0.4, 0.5) is 0 Å². The third kappa shape index (κ3) is 4.10. The third-order valence-electron chi connectivity index (χ3n) is 3.35. The van der Waals surface area contributed by atoms with Crippen molar-refractivity contribution in [3.8, 4) is 0 Å². The summed E-state index contributed by atoms with van der Waals surface area (Å²) in [5.41, 5.74) is 1.44. The summed E-state index contributed by atoms with van der Waals surface area (Å²) in [5, 5.41) is 0. The van der Waals surface area contributed by atoms with Crippen molar-refractivity contribution < 1.29 is 4.74 Å². The predicted octanol–water partition coefficient (Wildman–Crippen LogP) is 3.79. The van der Waals surface area contributed by atoms with Gasteiger partial charge in [0.2, 0.25) is 0 Å². The van der Waals surface area contributed by atoms with Crippen LogP contribution in [0.25, 0.3) is 0 Å². The van der Waals surface area contributed by atoms with Crippen LogP contribution in [0.1, 0.15) is 32.1 Å². The van der Waals surface area contributed by atoms with Gasteiger partial charge in [0.1, 0.15) is 5.76 Å². The number of nitrogens with zero attached hydrogens (tertiary/aromatic N) is 1. The lowest BCUT2D eigenvalue weighted by Gasteiger charge is -2.23. The molecular formula is C16H23NO. The highest BCUT2D eigenvalue weighted by molar-refractivity contribution is 5.17. The molecule has 2 aliphatic rings. The quantitative estimate of drug-likeness (QED) is 0.660. The Balaban J connectivity index is 1.63. The molecule has 0 saturated carbocycles. The molecule has 0 aromatic rings. The van der Waals surface area contributed by atoms with E-state index in [1.165, 1.54) is 18.5 Å². The highest BCUT2D eigenvalue weighted by Gasteiger charge is 2.05. The molecule has 18 heavy (non-hydrogen) atoms.